The molecule has 0 aliphatic rings. The molecule has 0 atom stereocenters. The molecule has 0 amide bonds. The first-order valence-corrected chi connectivity index (χ1v) is 10.4. The Morgan fingerprint density at radius 3 is 2.47 bits per heavy atom. The average Bonchev–Trinajstić information content (AvgIpc) is 3.31. The maximum Gasteiger partial charge on any atom is 0.194 e. The molecule has 0 unspecified atom stereocenters. The molecule has 0 saturated carbocycles. The molecule has 0 bridgehead atoms. The van der Waals surface area contributed by atoms with Crippen LogP contribution in [0.25, 0.3) is 0 Å². The number of halogens is 1. The molecule has 172 valence electrons. The second-order valence-corrected chi connectivity index (χ2v) is 7.26. The average molecular weight is 549 g/mol. The minimum Gasteiger partial charge on any atom is -0.497 e. The molecule has 3 aromatic rings. The first-order chi connectivity index (χ1) is 15.1. The number of guanidine groups is 1. The van der Waals surface area contributed by atoms with E-state index in [1.165, 1.54) is 11.1 Å². The minimum absolute atomic E-state index is 0. The highest BCUT2D eigenvalue weighted by Crippen LogP contribution is 2.25. The molecule has 0 radical (unpaired) electrons. The van der Waals surface area contributed by atoms with E-state index in [1.807, 2.05) is 37.8 Å². The SMILES string of the molecule is CCNC(=NCc1ccc(Cn2ccnc2)cc1)N(C)Cc1ccc(OC)cc1OC.I. The van der Waals surface area contributed by atoms with Gasteiger partial charge in [0.25, 0.3) is 0 Å². The van der Waals surface area contributed by atoms with Crippen molar-refractivity contribution in [3.8, 4) is 11.5 Å². The molecule has 2 aromatic carbocycles. The molecule has 32 heavy (non-hydrogen) atoms. The summed E-state index contributed by atoms with van der Waals surface area (Å²) < 4.78 is 12.9. The van der Waals surface area contributed by atoms with Gasteiger partial charge in [0.05, 0.1) is 27.1 Å². The van der Waals surface area contributed by atoms with Crippen LogP contribution in [-0.4, -0.2) is 48.2 Å². The molecular formula is C24H32IN5O2. The summed E-state index contributed by atoms with van der Waals surface area (Å²) in [6.07, 6.45) is 5.59. The Balaban J connectivity index is 0.00000363. The Hall–Kier alpha value is -2.75. The van der Waals surface area contributed by atoms with Gasteiger partial charge in [0.2, 0.25) is 0 Å². The van der Waals surface area contributed by atoms with E-state index in [0.29, 0.717) is 13.1 Å². The molecule has 0 fully saturated rings. The van der Waals surface area contributed by atoms with Gasteiger partial charge in [0, 0.05) is 50.7 Å². The molecule has 7 nitrogen and oxygen atoms in total. The highest BCUT2D eigenvalue weighted by atomic mass is 127. The number of rotatable bonds is 9. The van der Waals surface area contributed by atoms with Gasteiger partial charge < -0.3 is 24.3 Å². The second kappa shape index (κ2) is 12.9. The van der Waals surface area contributed by atoms with E-state index in [9.17, 15) is 0 Å². The fraction of sp³-hybridized carbons (Fsp3) is 0.333. The van der Waals surface area contributed by atoms with Crippen LogP contribution in [0.5, 0.6) is 11.5 Å². The summed E-state index contributed by atoms with van der Waals surface area (Å²) in [6.45, 7) is 4.97. The van der Waals surface area contributed by atoms with Crippen LogP contribution in [0.1, 0.15) is 23.6 Å². The van der Waals surface area contributed by atoms with Crippen molar-refractivity contribution in [1.82, 2.24) is 19.8 Å². The van der Waals surface area contributed by atoms with E-state index in [2.05, 4.69) is 51.0 Å². The Labute approximate surface area is 207 Å². The third-order valence-corrected chi connectivity index (χ3v) is 4.96. The molecule has 0 aliphatic heterocycles. The van der Waals surface area contributed by atoms with E-state index < -0.39 is 0 Å². The molecule has 1 heterocycles. The summed E-state index contributed by atoms with van der Waals surface area (Å²) in [5, 5.41) is 3.37. The number of aliphatic imine (C=N–C) groups is 1. The number of benzene rings is 2. The van der Waals surface area contributed by atoms with Crippen molar-refractivity contribution < 1.29 is 9.47 Å². The molecule has 1 aromatic heterocycles. The van der Waals surface area contributed by atoms with Gasteiger partial charge in [-0.2, -0.15) is 0 Å². The molecule has 1 N–H and O–H groups in total. The van der Waals surface area contributed by atoms with Crippen molar-refractivity contribution >= 4 is 29.9 Å². The maximum absolute atomic E-state index is 5.53. The molecule has 0 saturated heterocycles. The lowest BCUT2D eigenvalue weighted by Crippen LogP contribution is -2.38. The van der Waals surface area contributed by atoms with E-state index >= 15 is 0 Å². The van der Waals surface area contributed by atoms with E-state index in [-0.39, 0.29) is 24.0 Å². The normalized spacial score (nSPS) is 10.9. The van der Waals surface area contributed by atoms with Crippen molar-refractivity contribution in [1.29, 1.82) is 0 Å². The quantitative estimate of drug-likeness (QED) is 0.247. The summed E-state index contributed by atoms with van der Waals surface area (Å²) in [5.41, 5.74) is 3.47. The van der Waals surface area contributed by atoms with Crippen molar-refractivity contribution in [3.05, 3.63) is 77.9 Å². The van der Waals surface area contributed by atoms with Crippen LogP contribution in [0.2, 0.25) is 0 Å². The molecule has 8 heteroatoms. The number of methoxy groups -OCH3 is 2. The van der Waals surface area contributed by atoms with E-state index in [4.69, 9.17) is 14.5 Å². The van der Waals surface area contributed by atoms with Gasteiger partial charge in [-0.3, -0.25) is 0 Å². The predicted octanol–water partition coefficient (Wildman–Crippen LogP) is 4.16. The Bertz CT molecular complexity index is 975. The van der Waals surface area contributed by atoms with Gasteiger partial charge >= 0.3 is 0 Å². The monoisotopic (exact) mass is 549 g/mol. The van der Waals surface area contributed by atoms with Crippen LogP contribution in [0.15, 0.2) is 66.2 Å². The third kappa shape index (κ3) is 7.15. The largest absolute Gasteiger partial charge is 0.497 e. The van der Waals surface area contributed by atoms with Gasteiger partial charge in [0.15, 0.2) is 5.96 Å². The first-order valence-electron chi connectivity index (χ1n) is 10.4. The zero-order valence-electron chi connectivity index (χ0n) is 19.1. The predicted molar refractivity (Wildman–Crippen MR) is 139 cm³/mol. The van der Waals surface area contributed by atoms with Crippen molar-refractivity contribution in [2.75, 3.05) is 27.8 Å². The minimum atomic E-state index is 0. The summed E-state index contributed by atoms with van der Waals surface area (Å²) in [6, 6.07) is 14.4. The van der Waals surface area contributed by atoms with Crippen LogP contribution in [-0.2, 0) is 19.6 Å². The van der Waals surface area contributed by atoms with Crippen molar-refractivity contribution in [3.63, 3.8) is 0 Å². The number of hydrogen-bond donors (Lipinski definition) is 1. The van der Waals surface area contributed by atoms with Crippen LogP contribution in [0, 0.1) is 0 Å². The molecule has 0 spiro atoms. The lowest BCUT2D eigenvalue weighted by Gasteiger charge is -2.23. The number of aromatic nitrogens is 2. The van der Waals surface area contributed by atoms with Crippen LogP contribution in [0.3, 0.4) is 0 Å². The second-order valence-electron chi connectivity index (χ2n) is 7.26. The smallest absolute Gasteiger partial charge is 0.194 e. The van der Waals surface area contributed by atoms with Gasteiger partial charge in [-0.05, 0) is 30.2 Å². The Kier molecular flexibility index (Phi) is 10.3. The number of hydrogen-bond acceptors (Lipinski definition) is 4. The van der Waals surface area contributed by atoms with Crippen molar-refractivity contribution in [2.45, 2.75) is 26.6 Å². The fourth-order valence-electron chi connectivity index (χ4n) is 3.29. The summed E-state index contributed by atoms with van der Waals surface area (Å²) in [7, 11) is 5.36. The summed E-state index contributed by atoms with van der Waals surface area (Å²) in [4.78, 5) is 11.0. The molecular weight excluding hydrogens is 517 g/mol. The maximum atomic E-state index is 5.53. The standard InChI is InChI=1S/C24H31N5O2.HI/c1-5-26-24(28(2)17-21-10-11-22(30-3)14-23(21)31-4)27-15-19-6-8-20(9-7-19)16-29-13-12-25-18-29;/h6-14,18H,5,15-17H2,1-4H3,(H,26,27);1H. The van der Waals surface area contributed by atoms with Gasteiger partial charge in [0.1, 0.15) is 11.5 Å². The van der Waals surface area contributed by atoms with Gasteiger partial charge in [-0.1, -0.05) is 24.3 Å². The summed E-state index contributed by atoms with van der Waals surface area (Å²) >= 11 is 0. The molecule has 0 aliphatic carbocycles. The number of nitrogens with one attached hydrogen (secondary N) is 1. The number of ether oxygens (including phenoxy) is 2. The van der Waals surface area contributed by atoms with Crippen LogP contribution < -0.4 is 14.8 Å². The fourth-order valence-corrected chi connectivity index (χ4v) is 3.29. The van der Waals surface area contributed by atoms with Crippen LogP contribution in [0.4, 0.5) is 0 Å². The lowest BCUT2D eigenvalue weighted by molar-refractivity contribution is 0.382. The van der Waals surface area contributed by atoms with Gasteiger partial charge in [-0.15, -0.1) is 24.0 Å². The topological polar surface area (TPSA) is 63.9 Å². The molecule has 3 rings (SSSR count). The van der Waals surface area contributed by atoms with E-state index in [0.717, 1.165) is 36.1 Å². The lowest BCUT2D eigenvalue weighted by atomic mass is 10.1. The van der Waals surface area contributed by atoms with Gasteiger partial charge in [-0.25, -0.2) is 9.98 Å². The zero-order valence-corrected chi connectivity index (χ0v) is 21.4. The van der Waals surface area contributed by atoms with Crippen molar-refractivity contribution in [2.24, 2.45) is 4.99 Å². The Morgan fingerprint density at radius 1 is 1.09 bits per heavy atom. The number of imidazole rings is 1. The zero-order chi connectivity index (χ0) is 22.1. The Morgan fingerprint density at radius 2 is 1.84 bits per heavy atom. The highest BCUT2D eigenvalue weighted by molar-refractivity contribution is 14.0. The highest BCUT2D eigenvalue weighted by Gasteiger charge is 2.11. The number of nitrogens with zero attached hydrogens (tertiary/aromatic N) is 4. The third-order valence-electron chi connectivity index (χ3n) is 4.96. The van der Waals surface area contributed by atoms with Crippen LogP contribution >= 0.6 is 24.0 Å². The van der Waals surface area contributed by atoms with E-state index in [1.54, 1.807) is 20.4 Å². The summed E-state index contributed by atoms with van der Waals surface area (Å²) in [5.74, 6) is 2.43. The first kappa shape index (κ1) is 25.5.